The number of carboxylic acids is 1. The molecule has 2 N–H and O–H groups in total. The molecule has 1 amide bonds. The van der Waals surface area contributed by atoms with E-state index < -0.39 is 12.0 Å². The highest BCUT2D eigenvalue weighted by molar-refractivity contribution is 5.84. The Morgan fingerprint density at radius 1 is 1.17 bits per heavy atom. The number of fused-ring (bicyclic) bond motifs is 1. The minimum Gasteiger partial charge on any atom is -0.481 e. The number of amides is 1. The predicted octanol–water partition coefficient (Wildman–Crippen LogP) is 2.75. The molecule has 0 spiro atoms. The predicted molar refractivity (Wildman–Crippen MR) is 88.1 cm³/mol. The molecule has 0 saturated heterocycles. The van der Waals surface area contributed by atoms with E-state index in [0.29, 0.717) is 6.61 Å². The van der Waals surface area contributed by atoms with E-state index in [1.54, 1.807) is 6.92 Å². The maximum absolute atomic E-state index is 12.2. The van der Waals surface area contributed by atoms with Crippen molar-refractivity contribution in [3.05, 3.63) is 48.0 Å². The summed E-state index contributed by atoms with van der Waals surface area (Å²) >= 11 is 0. The summed E-state index contributed by atoms with van der Waals surface area (Å²) in [5, 5.41) is 14.0. The van der Waals surface area contributed by atoms with Crippen LogP contribution in [0, 0.1) is 5.92 Å². The minimum absolute atomic E-state index is 0.163. The van der Waals surface area contributed by atoms with Gasteiger partial charge in [-0.25, -0.2) is 0 Å². The van der Waals surface area contributed by atoms with Crippen LogP contribution in [0.5, 0.6) is 0 Å². The third-order valence-corrected chi connectivity index (χ3v) is 3.74. The second-order valence-electron chi connectivity index (χ2n) is 5.62. The third kappa shape index (κ3) is 4.53. The van der Waals surface area contributed by atoms with Crippen LogP contribution in [0.2, 0.25) is 0 Å². The molecule has 5 heteroatoms. The first-order chi connectivity index (χ1) is 11.0. The third-order valence-electron chi connectivity index (χ3n) is 3.74. The van der Waals surface area contributed by atoms with Crippen molar-refractivity contribution in [2.45, 2.75) is 19.4 Å². The highest BCUT2D eigenvalue weighted by Gasteiger charge is 2.21. The Hall–Kier alpha value is -2.40. The molecule has 0 aliphatic rings. The lowest BCUT2D eigenvalue weighted by molar-refractivity contribution is -0.138. The summed E-state index contributed by atoms with van der Waals surface area (Å²) in [5.74, 6) is -1.51. The molecule has 1 unspecified atom stereocenters. The molecular weight excluding hydrogens is 294 g/mol. The van der Waals surface area contributed by atoms with Gasteiger partial charge in [-0.05, 0) is 22.4 Å². The van der Waals surface area contributed by atoms with Crippen molar-refractivity contribution in [2.75, 3.05) is 13.7 Å². The molecule has 122 valence electrons. The van der Waals surface area contributed by atoms with E-state index in [9.17, 15) is 9.59 Å². The van der Waals surface area contributed by atoms with Crippen LogP contribution in [-0.2, 0) is 14.3 Å². The molecule has 5 nitrogen and oxygen atoms in total. The van der Waals surface area contributed by atoms with Crippen molar-refractivity contribution in [2.24, 2.45) is 5.92 Å². The molecule has 2 rings (SSSR count). The molecular formula is C18H21NO4. The summed E-state index contributed by atoms with van der Waals surface area (Å²) in [5.41, 5.74) is 0.782. The van der Waals surface area contributed by atoms with Gasteiger partial charge in [0.2, 0.25) is 5.91 Å². The van der Waals surface area contributed by atoms with Crippen LogP contribution < -0.4 is 5.32 Å². The Morgan fingerprint density at radius 2 is 1.87 bits per heavy atom. The van der Waals surface area contributed by atoms with Crippen molar-refractivity contribution in [1.82, 2.24) is 5.32 Å². The van der Waals surface area contributed by atoms with E-state index in [0.717, 1.165) is 16.3 Å². The number of aliphatic carboxylic acids is 1. The highest BCUT2D eigenvalue weighted by Crippen LogP contribution is 2.23. The summed E-state index contributed by atoms with van der Waals surface area (Å²) in [7, 11) is 1.53. The number of ether oxygens (including phenoxy) is 1. The van der Waals surface area contributed by atoms with E-state index in [-0.39, 0.29) is 18.2 Å². The molecule has 0 aliphatic heterocycles. The molecule has 2 aromatic rings. The molecule has 2 aromatic carbocycles. The van der Waals surface area contributed by atoms with Gasteiger partial charge in [-0.2, -0.15) is 0 Å². The summed E-state index contributed by atoms with van der Waals surface area (Å²) in [6, 6.07) is 13.0. The second kappa shape index (κ2) is 7.74. The lowest BCUT2D eigenvalue weighted by atomic mass is 9.99. The van der Waals surface area contributed by atoms with E-state index in [1.165, 1.54) is 7.11 Å². The molecule has 0 fully saturated rings. The van der Waals surface area contributed by atoms with Gasteiger partial charge in [0.15, 0.2) is 0 Å². The number of hydrogen-bond acceptors (Lipinski definition) is 3. The number of nitrogens with one attached hydrogen (secondary N) is 1. The van der Waals surface area contributed by atoms with Gasteiger partial charge in [-0.15, -0.1) is 0 Å². The van der Waals surface area contributed by atoms with Crippen molar-refractivity contribution >= 4 is 22.6 Å². The van der Waals surface area contributed by atoms with Gasteiger partial charge in [0.25, 0.3) is 0 Å². The maximum Gasteiger partial charge on any atom is 0.305 e. The smallest absolute Gasteiger partial charge is 0.305 e. The molecule has 23 heavy (non-hydrogen) atoms. The zero-order chi connectivity index (χ0) is 16.8. The first-order valence-corrected chi connectivity index (χ1v) is 7.51. The number of hydrogen-bond donors (Lipinski definition) is 2. The molecule has 0 bridgehead atoms. The summed E-state index contributed by atoms with van der Waals surface area (Å²) in [6.45, 7) is 2.04. The Labute approximate surface area is 135 Å². The standard InChI is InChI=1S/C18H21NO4/c1-12(11-23-2)18(22)19-16(10-17(20)21)15-8-7-13-5-3-4-6-14(13)9-15/h3-9,12,16H,10-11H2,1-2H3,(H,19,22)(H,20,21)/t12?,16-/m0/s1. The summed E-state index contributed by atoms with van der Waals surface area (Å²) in [4.78, 5) is 23.3. The lowest BCUT2D eigenvalue weighted by Crippen LogP contribution is -2.35. The van der Waals surface area contributed by atoms with Crippen LogP contribution in [-0.4, -0.2) is 30.7 Å². The Kier molecular flexibility index (Phi) is 5.71. The summed E-state index contributed by atoms with van der Waals surface area (Å²) in [6.07, 6.45) is -0.163. The highest BCUT2D eigenvalue weighted by atomic mass is 16.5. The van der Waals surface area contributed by atoms with E-state index in [1.807, 2.05) is 42.5 Å². The van der Waals surface area contributed by atoms with Crippen LogP contribution in [0.15, 0.2) is 42.5 Å². The SMILES string of the molecule is COCC(C)C(=O)N[C@@H](CC(=O)O)c1ccc2ccccc2c1. The minimum atomic E-state index is -0.956. The van der Waals surface area contributed by atoms with Crippen molar-refractivity contribution < 1.29 is 19.4 Å². The first-order valence-electron chi connectivity index (χ1n) is 7.51. The number of carbonyl (C=O) groups excluding carboxylic acids is 1. The van der Waals surface area contributed by atoms with Gasteiger partial charge in [-0.1, -0.05) is 43.3 Å². The quantitative estimate of drug-likeness (QED) is 0.824. The molecule has 2 atom stereocenters. The Morgan fingerprint density at radius 3 is 2.52 bits per heavy atom. The number of carboxylic acid groups (broad SMARTS) is 1. The van der Waals surface area contributed by atoms with Crippen LogP contribution in [0.25, 0.3) is 10.8 Å². The van der Waals surface area contributed by atoms with E-state index in [2.05, 4.69) is 5.32 Å². The molecule has 0 aliphatic carbocycles. The monoisotopic (exact) mass is 315 g/mol. The first kappa shape index (κ1) is 17.0. The molecule has 0 heterocycles. The average molecular weight is 315 g/mol. The fourth-order valence-corrected chi connectivity index (χ4v) is 2.49. The van der Waals surface area contributed by atoms with Gasteiger partial charge >= 0.3 is 5.97 Å². The number of methoxy groups -OCH3 is 1. The van der Waals surface area contributed by atoms with Crippen LogP contribution in [0.1, 0.15) is 24.9 Å². The van der Waals surface area contributed by atoms with Gasteiger partial charge in [0, 0.05) is 7.11 Å². The normalized spacial score (nSPS) is 13.5. The number of benzene rings is 2. The molecule has 0 radical (unpaired) electrons. The van der Waals surface area contributed by atoms with Gasteiger partial charge < -0.3 is 15.2 Å². The van der Waals surface area contributed by atoms with Gasteiger partial charge in [-0.3, -0.25) is 9.59 Å². The van der Waals surface area contributed by atoms with Crippen LogP contribution in [0.3, 0.4) is 0 Å². The van der Waals surface area contributed by atoms with Crippen LogP contribution >= 0.6 is 0 Å². The largest absolute Gasteiger partial charge is 0.481 e. The number of rotatable bonds is 7. The van der Waals surface area contributed by atoms with Crippen LogP contribution in [0.4, 0.5) is 0 Å². The van der Waals surface area contributed by atoms with Gasteiger partial charge in [0.05, 0.1) is 25.0 Å². The maximum atomic E-state index is 12.2. The van der Waals surface area contributed by atoms with Crippen molar-refractivity contribution in [3.63, 3.8) is 0 Å². The van der Waals surface area contributed by atoms with Gasteiger partial charge in [0.1, 0.15) is 0 Å². The zero-order valence-electron chi connectivity index (χ0n) is 13.3. The molecule has 0 aromatic heterocycles. The number of carbonyl (C=O) groups is 2. The lowest BCUT2D eigenvalue weighted by Gasteiger charge is -2.20. The second-order valence-corrected chi connectivity index (χ2v) is 5.62. The fraction of sp³-hybridized carbons (Fsp3) is 0.333. The Balaban J connectivity index is 2.25. The van der Waals surface area contributed by atoms with E-state index in [4.69, 9.17) is 9.84 Å². The van der Waals surface area contributed by atoms with Crippen molar-refractivity contribution in [1.29, 1.82) is 0 Å². The fourth-order valence-electron chi connectivity index (χ4n) is 2.49. The van der Waals surface area contributed by atoms with E-state index >= 15 is 0 Å². The molecule has 0 saturated carbocycles. The summed E-state index contributed by atoms with van der Waals surface area (Å²) < 4.78 is 4.97. The van der Waals surface area contributed by atoms with Crippen molar-refractivity contribution in [3.8, 4) is 0 Å². The zero-order valence-corrected chi connectivity index (χ0v) is 13.3. The average Bonchev–Trinajstić information content (AvgIpc) is 2.53. The Bertz CT molecular complexity index is 698. The topological polar surface area (TPSA) is 75.6 Å².